The van der Waals surface area contributed by atoms with E-state index in [1.165, 1.54) is 6.07 Å². The molecule has 1 aromatic rings. The standard InChI is InChI=1S/C8H4B2F2O5S/c9-4-1-2-6(5(10)3-4)17-7(13)8(11,12)18(14,15)16/h1-3H,(H,14,15,16). The third kappa shape index (κ3) is 2.88. The summed E-state index contributed by atoms with van der Waals surface area (Å²) in [6, 6.07) is 3.32. The highest BCUT2D eigenvalue weighted by atomic mass is 32.2. The van der Waals surface area contributed by atoms with Crippen LogP contribution in [-0.2, 0) is 14.9 Å². The Morgan fingerprint density at radius 1 is 1.33 bits per heavy atom. The molecule has 0 saturated heterocycles. The quantitative estimate of drug-likeness (QED) is 0.319. The summed E-state index contributed by atoms with van der Waals surface area (Å²) in [5.74, 6) is -2.97. The Morgan fingerprint density at radius 2 is 1.89 bits per heavy atom. The Morgan fingerprint density at radius 3 is 2.33 bits per heavy atom. The molecule has 0 saturated carbocycles. The molecule has 0 heterocycles. The van der Waals surface area contributed by atoms with Crippen LogP contribution in [0.4, 0.5) is 8.78 Å². The van der Waals surface area contributed by atoms with Gasteiger partial charge in [-0.3, -0.25) is 4.55 Å². The molecule has 0 atom stereocenters. The molecule has 1 N–H and O–H groups in total. The number of halogens is 2. The van der Waals surface area contributed by atoms with Gasteiger partial charge >= 0.3 is 21.3 Å². The van der Waals surface area contributed by atoms with E-state index in [0.717, 1.165) is 12.1 Å². The largest absolute Gasteiger partial charge is 0.466 e. The van der Waals surface area contributed by atoms with Gasteiger partial charge in [0.1, 0.15) is 21.4 Å². The van der Waals surface area contributed by atoms with Gasteiger partial charge in [0.2, 0.25) is 0 Å². The molecule has 0 spiro atoms. The number of carbonyl (C=O) groups excluding carboxylic acids is 1. The molecule has 0 unspecified atom stereocenters. The maximum atomic E-state index is 12.8. The summed E-state index contributed by atoms with van der Waals surface area (Å²) < 4.78 is 58.5. The van der Waals surface area contributed by atoms with E-state index in [9.17, 15) is 22.0 Å². The van der Waals surface area contributed by atoms with Gasteiger partial charge in [0.05, 0.1) is 0 Å². The van der Waals surface area contributed by atoms with Gasteiger partial charge < -0.3 is 4.74 Å². The van der Waals surface area contributed by atoms with Crippen LogP contribution in [0.2, 0.25) is 0 Å². The minimum atomic E-state index is -5.92. The first kappa shape index (κ1) is 14.7. The molecule has 0 fully saturated rings. The zero-order chi connectivity index (χ0) is 14.1. The number of hydrogen-bond acceptors (Lipinski definition) is 4. The summed E-state index contributed by atoms with van der Waals surface area (Å²) in [4.78, 5) is 10.9. The highest BCUT2D eigenvalue weighted by Gasteiger charge is 2.54. The molecule has 0 aliphatic heterocycles. The van der Waals surface area contributed by atoms with Gasteiger partial charge in [0.25, 0.3) is 0 Å². The van der Waals surface area contributed by atoms with Gasteiger partial charge in [-0.25, -0.2) is 4.79 Å². The van der Waals surface area contributed by atoms with Crippen molar-refractivity contribution in [3.63, 3.8) is 0 Å². The van der Waals surface area contributed by atoms with Crippen molar-refractivity contribution >= 4 is 42.7 Å². The highest BCUT2D eigenvalue weighted by molar-refractivity contribution is 7.87. The fourth-order valence-electron chi connectivity index (χ4n) is 0.924. The topological polar surface area (TPSA) is 80.7 Å². The van der Waals surface area contributed by atoms with E-state index >= 15 is 0 Å². The SMILES string of the molecule is [B]c1ccc(OC(=O)C(F)(F)S(=O)(=O)O)c([B])c1. The normalized spacial score (nSPS) is 12.2. The summed E-state index contributed by atoms with van der Waals surface area (Å²) in [5, 5.41) is -5.08. The Kier molecular flexibility index (Phi) is 3.82. The van der Waals surface area contributed by atoms with Gasteiger partial charge in [-0.2, -0.15) is 17.2 Å². The average molecular weight is 272 g/mol. The zero-order valence-corrected chi connectivity index (χ0v) is 9.45. The van der Waals surface area contributed by atoms with Crippen LogP contribution in [0, 0.1) is 0 Å². The molecule has 0 amide bonds. The summed E-state index contributed by atoms with van der Waals surface area (Å²) in [6.07, 6.45) is 0. The first-order valence-electron chi connectivity index (χ1n) is 4.28. The monoisotopic (exact) mass is 272 g/mol. The second-order valence-electron chi connectivity index (χ2n) is 3.18. The van der Waals surface area contributed by atoms with Crippen LogP contribution < -0.4 is 15.7 Å². The van der Waals surface area contributed by atoms with Crippen LogP contribution in [0.5, 0.6) is 5.75 Å². The molecule has 18 heavy (non-hydrogen) atoms. The molecule has 0 aromatic heterocycles. The Hall–Kier alpha value is -1.41. The molecule has 1 aromatic carbocycles. The van der Waals surface area contributed by atoms with Crippen LogP contribution in [0.1, 0.15) is 0 Å². The summed E-state index contributed by atoms with van der Waals surface area (Å²) in [5.41, 5.74) is -0.0525. The number of ether oxygens (including phenoxy) is 1. The van der Waals surface area contributed by atoms with Crippen LogP contribution in [0.15, 0.2) is 18.2 Å². The summed E-state index contributed by atoms with van der Waals surface area (Å²) >= 11 is 0. The first-order valence-corrected chi connectivity index (χ1v) is 5.72. The van der Waals surface area contributed by atoms with Crippen LogP contribution in [0.25, 0.3) is 0 Å². The van der Waals surface area contributed by atoms with Gasteiger partial charge in [-0.15, -0.1) is 0 Å². The van der Waals surface area contributed by atoms with Crippen molar-refractivity contribution in [2.45, 2.75) is 5.25 Å². The average Bonchev–Trinajstić information content (AvgIpc) is 2.20. The molecule has 10 heteroatoms. The van der Waals surface area contributed by atoms with Crippen molar-refractivity contribution in [2.75, 3.05) is 0 Å². The van der Waals surface area contributed by atoms with E-state index in [4.69, 9.17) is 20.2 Å². The smallest absolute Gasteiger partial charge is 0.422 e. The third-order valence-corrected chi connectivity index (χ3v) is 2.61. The lowest BCUT2D eigenvalue weighted by molar-refractivity contribution is -0.151. The predicted molar refractivity (Wildman–Crippen MR) is 59.3 cm³/mol. The van der Waals surface area contributed by atoms with Crippen molar-refractivity contribution in [2.24, 2.45) is 0 Å². The number of benzene rings is 1. The number of alkyl halides is 2. The Balaban J connectivity index is 3.02. The van der Waals surface area contributed by atoms with Gasteiger partial charge in [0.15, 0.2) is 0 Å². The highest BCUT2D eigenvalue weighted by Crippen LogP contribution is 2.23. The second-order valence-corrected chi connectivity index (χ2v) is 4.64. The Labute approximate surface area is 104 Å². The molecule has 0 bridgehead atoms. The molecule has 0 aliphatic carbocycles. The summed E-state index contributed by atoms with van der Waals surface area (Å²) in [7, 11) is 4.70. The zero-order valence-electron chi connectivity index (χ0n) is 8.63. The molecule has 5 nitrogen and oxygen atoms in total. The van der Waals surface area contributed by atoms with E-state index in [1.807, 2.05) is 0 Å². The predicted octanol–water partition coefficient (Wildman–Crippen LogP) is -1.34. The van der Waals surface area contributed by atoms with Crippen LogP contribution in [0.3, 0.4) is 0 Å². The minimum absolute atomic E-state index is 0.189. The van der Waals surface area contributed by atoms with Crippen molar-refractivity contribution in [3.8, 4) is 5.75 Å². The molecular formula is C8H4B2F2O5S. The van der Waals surface area contributed by atoms with Crippen molar-refractivity contribution in [1.29, 1.82) is 0 Å². The molecule has 1 rings (SSSR count). The maximum Gasteiger partial charge on any atom is 0.466 e. The number of rotatable bonds is 3. The van der Waals surface area contributed by atoms with Gasteiger partial charge in [0, 0.05) is 0 Å². The lowest BCUT2D eigenvalue weighted by atomic mass is 9.87. The van der Waals surface area contributed by atoms with Crippen molar-refractivity contribution < 1.29 is 31.3 Å². The minimum Gasteiger partial charge on any atom is -0.422 e. The van der Waals surface area contributed by atoms with E-state index in [0.29, 0.717) is 0 Å². The van der Waals surface area contributed by atoms with Crippen molar-refractivity contribution in [1.82, 2.24) is 0 Å². The lowest BCUT2D eigenvalue weighted by Crippen LogP contribution is -2.41. The number of hydrogen-bond donors (Lipinski definition) is 1. The molecule has 4 radical (unpaired) electrons. The second kappa shape index (κ2) is 4.69. The van der Waals surface area contributed by atoms with Crippen LogP contribution in [-0.4, -0.2) is 39.9 Å². The van der Waals surface area contributed by atoms with E-state index in [-0.39, 0.29) is 10.9 Å². The summed E-state index contributed by atoms with van der Waals surface area (Å²) in [6.45, 7) is 0. The fourth-order valence-corrected chi connectivity index (χ4v) is 1.18. The third-order valence-electron chi connectivity index (χ3n) is 1.80. The van der Waals surface area contributed by atoms with Gasteiger partial charge in [-0.1, -0.05) is 23.1 Å². The number of carbonyl (C=O) groups is 1. The van der Waals surface area contributed by atoms with Gasteiger partial charge in [-0.05, 0) is 6.07 Å². The fraction of sp³-hybridized carbons (Fsp3) is 0.125. The molecule has 92 valence electrons. The first-order chi connectivity index (χ1) is 8.05. The van der Waals surface area contributed by atoms with E-state index in [1.54, 1.807) is 0 Å². The van der Waals surface area contributed by atoms with E-state index in [2.05, 4.69) is 4.74 Å². The lowest BCUT2D eigenvalue weighted by Gasteiger charge is -2.13. The molecule has 0 aliphatic rings. The molecular weight excluding hydrogens is 268 g/mol. The maximum absolute atomic E-state index is 12.8. The Bertz CT molecular complexity index is 587. The van der Waals surface area contributed by atoms with Crippen LogP contribution >= 0.6 is 0 Å². The number of esters is 1. The van der Waals surface area contributed by atoms with E-state index < -0.39 is 27.1 Å². The van der Waals surface area contributed by atoms with Crippen molar-refractivity contribution in [3.05, 3.63) is 18.2 Å².